The van der Waals surface area contributed by atoms with Gasteiger partial charge in [-0.1, -0.05) is 61.9 Å². The fourth-order valence-electron chi connectivity index (χ4n) is 5.03. The zero-order valence-electron chi connectivity index (χ0n) is 22.4. The zero-order valence-corrected chi connectivity index (χ0v) is 22.4. The van der Waals surface area contributed by atoms with Gasteiger partial charge in [-0.3, -0.25) is 9.59 Å². The maximum Gasteiger partial charge on any atom is 0.315 e. The number of carbonyl (C=O) groups excluding carboxylic acids is 2. The number of esters is 1. The average Bonchev–Trinajstić information content (AvgIpc) is 3.61. The molecule has 3 heterocycles. The Morgan fingerprint density at radius 1 is 1.05 bits per heavy atom. The molecule has 202 valence electrons. The van der Waals surface area contributed by atoms with Crippen molar-refractivity contribution in [2.45, 2.75) is 59.0 Å². The summed E-state index contributed by atoms with van der Waals surface area (Å²) >= 11 is 0. The molecule has 5 rings (SSSR count). The minimum atomic E-state index is -0.480. The average molecular weight is 528 g/mol. The quantitative estimate of drug-likeness (QED) is 0.245. The van der Waals surface area contributed by atoms with Crippen LogP contribution in [0.3, 0.4) is 0 Å². The number of tetrazole rings is 1. The number of fused-ring (bicyclic) bond motifs is 1. The van der Waals surface area contributed by atoms with Crippen molar-refractivity contribution in [1.82, 2.24) is 35.1 Å². The third-order valence-electron chi connectivity index (χ3n) is 7.03. The molecule has 0 radical (unpaired) electrons. The maximum atomic E-state index is 12.8. The van der Waals surface area contributed by atoms with Crippen LogP contribution in [0.15, 0.2) is 48.5 Å². The van der Waals surface area contributed by atoms with Gasteiger partial charge in [-0.05, 0) is 40.5 Å². The van der Waals surface area contributed by atoms with Gasteiger partial charge in [0, 0.05) is 31.5 Å². The summed E-state index contributed by atoms with van der Waals surface area (Å²) < 4.78 is 7.24. The van der Waals surface area contributed by atoms with Crippen LogP contribution < -0.4 is 0 Å². The van der Waals surface area contributed by atoms with Crippen molar-refractivity contribution < 1.29 is 14.3 Å². The van der Waals surface area contributed by atoms with E-state index < -0.39 is 5.97 Å². The number of H-pyrrole nitrogens is 1. The van der Waals surface area contributed by atoms with E-state index >= 15 is 0 Å². The van der Waals surface area contributed by atoms with Crippen molar-refractivity contribution in [2.24, 2.45) is 0 Å². The number of imidazole rings is 1. The van der Waals surface area contributed by atoms with E-state index in [4.69, 9.17) is 9.72 Å². The van der Waals surface area contributed by atoms with Crippen LogP contribution in [-0.4, -0.2) is 60.1 Å². The van der Waals surface area contributed by atoms with Crippen molar-refractivity contribution in [1.29, 1.82) is 0 Å². The van der Waals surface area contributed by atoms with Crippen LogP contribution in [0, 0.1) is 0 Å². The van der Waals surface area contributed by atoms with Gasteiger partial charge < -0.3 is 14.2 Å². The second kappa shape index (κ2) is 12.0. The summed E-state index contributed by atoms with van der Waals surface area (Å²) in [5.41, 5.74) is 6.30. The normalized spacial score (nSPS) is 12.8. The van der Waals surface area contributed by atoms with E-state index in [9.17, 15) is 9.59 Å². The number of carbonyl (C=O) groups is 2. The van der Waals surface area contributed by atoms with Crippen molar-refractivity contribution in [3.63, 3.8) is 0 Å². The highest BCUT2D eigenvalue weighted by atomic mass is 16.5. The number of rotatable bonds is 10. The topological polar surface area (TPSA) is 119 Å². The number of hydrogen-bond donors (Lipinski definition) is 1. The van der Waals surface area contributed by atoms with Gasteiger partial charge >= 0.3 is 5.97 Å². The predicted octanol–water partition coefficient (Wildman–Crippen LogP) is 3.96. The van der Waals surface area contributed by atoms with Crippen molar-refractivity contribution in [2.75, 3.05) is 13.2 Å². The molecule has 10 nitrogen and oxygen atoms in total. The molecule has 1 amide bonds. The second-order valence-corrected chi connectivity index (χ2v) is 9.65. The number of nitrogens with zero attached hydrogens (tertiary/aromatic N) is 6. The Bertz CT molecular complexity index is 1430. The van der Waals surface area contributed by atoms with Crippen LogP contribution in [-0.2, 0) is 40.3 Å². The molecule has 0 bridgehead atoms. The van der Waals surface area contributed by atoms with Crippen LogP contribution in [0.4, 0.5) is 0 Å². The molecule has 4 aromatic rings. The van der Waals surface area contributed by atoms with E-state index in [0.29, 0.717) is 31.9 Å². The monoisotopic (exact) mass is 527 g/mol. The molecule has 0 unspecified atom stereocenters. The third kappa shape index (κ3) is 5.89. The molecule has 39 heavy (non-hydrogen) atoms. The first kappa shape index (κ1) is 26.3. The molecule has 1 aliphatic rings. The number of aromatic amines is 1. The number of aryl methyl sites for hydroxylation is 1. The Balaban J connectivity index is 1.39. The number of amides is 1. The van der Waals surface area contributed by atoms with Crippen molar-refractivity contribution in [3.8, 4) is 22.5 Å². The highest BCUT2D eigenvalue weighted by molar-refractivity contribution is 5.94. The van der Waals surface area contributed by atoms with Crippen LogP contribution in [0.25, 0.3) is 22.5 Å². The van der Waals surface area contributed by atoms with E-state index in [0.717, 1.165) is 58.7 Å². The van der Waals surface area contributed by atoms with Gasteiger partial charge in [0.1, 0.15) is 12.2 Å². The molecule has 1 N–H and O–H groups in total. The molecule has 10 heteroatoms. The van der Waals surface area contributed by atoms with Crippen molar-refractivity contribution in [3.05, 3.63) is 71.3 Å². The molecule has 2 aromatic carbocycles. The third-order valence-corrected chi connectivity index (χ3v) is 7.03. The number of ether oxygens (including phenoxy) is 1. The van der Waals surface area contributed by atoms with Crippen LogP contribution in [0.2, 0.25) is 0 Å². The van der Waals surface area contributed by atoms with Crippen molar-refractivity contribution >= 4 is 11.9 Å². The van der Waals surface area contributed by atoms with Gasteiger partial charge in [0.2, 0.25) is 5.91 Å². The lowest BCUT2D eigenvalue weighted by Crippen LogP contribution is -2.38. The van der Waals surface area contributed by atoms with Gasteiger partial charge in [0.05, 0.1) is 24.5 Å². The molecule has 2 aromatic heterocycles. The summed E-state index contributed by atoms with van der Waals surface area (Å²) in [4.78, 5) is 31.4. The number of aromatic nitrogens is 6. The summed E-state index contributed by atoms with van der Waals surface area (Å²) in [6, 6.07) is 16.5. The first-order chi connectivity index (χ1) is 19.1. The predicted molar refractivity (Wildman–Crippen MR) is 145 cm³/mol. The molecular formula is C29H33N7O3. The first-order valence-electron chi connectivity index (χ1n) is 13.5. The lowest BCUT2D eigenvalue weighted by molar-refractivity contribution is -0.149. The molecule has 0 fully saturated rings. The van der Waals surface area contributed by atoms with E-state index in [1.54, 1.807) is 11.8 Å². The molecule has 1 aliphatic heterocycles. The minimum Gasteiger partial charge on any atom is -0.466 e. The molecule has 0 saturated carbocycles. The number of hydrogen-bond acceptors (Lipinski definition) is 7. The van der Waals surface area contributed by atoms with E-state index in [2.05, 4.69) is 62.4 Å². The van der Waals surface area contributed by atoms with Crippen LogP contribution in [0.5, 0.6) is 0 Å². The smallest absolute Gasteiger partial charge is 0.315 e. The number of unbranched alkanes of at least 4 members (excludes halogenated alkanes) is 1. The van der Waals surface area contributed by atoms with E-state index in [1.165, 1.54) is 0 Å². The van der Waals surface area contributed by atoms with E-state index in [-0.39, 0.29) is 18.9 Å². The molecule has 0 spiro atoms. The molecule has 0 atom stereocenters. The van der Waals surface area contributed by atoms with Gasteiger partial charge in [-0.25, -0.2) is 10.1 Å². The Hall–Kier alpha value is -4.34. The highest BCUT2D eigenvalue weighted by Gasteiger charge is 2.28. The summed E-state index contributed by atoms with van der Waals surface area (Å²) in [6.45, 7) is 5.86. The van der Waals surface area contributed by atoms with Crippen LogP contribution in [0.1, 0.15) is 55.9 Å². The zero-order chi connectivity index (χ0) is 27.2. The lowest BCUT2D eigenvalue weighted by Gasteiger charge is -2.27. The number of nitrogens with one attached hydrogen (secondary N) is 1. The fraction of sp³-hybridized carbons (Fsp3) is 0.379. The Kier molecular flexibility index (Phi) is 8.10. The van der Waals surface area contributed by atoms with Gasteiger partial charge in [0.15, 0.2) is 5.82 Å². The summed E-state index contributed by atoms with van der Waals surface area (Å²) in [5.74, 6) is 0.995. The lowest BCUT2D eigenvalue weighted by atomic mass is 9.98. The Morgan fingerprint density at radius 3 is 2.56 bits per heavy atom. The Morgan fingerprint density at radius 2 is 1.85 bits per heavy atom. The molecule has 0 saturated heterocycles. The number of benzene rings is 2. The molecular weight excluding hydrogens is 494 g/mol. The minimum absolute atomic E-state index is 0.202. The van der Waals surface area contributed by atoms with Gasteiger partial charge in [-0.15, -0.1) is 5.10 Å². The summed E-state index contributed by atoms with van der Waals surface area (Å²) in [7, 11) is 0. The Labute approximate surface area is 227 Å². The maximum absolute atomic E-state index is 12.8. The SMILES string of the molecule is CCCCc1nc2c(n1Cc1ccc(-c3ccccc3-c3nnn[nH]3)cc1)CN(C(=O)CC(=O)OCC)CC2. The highest BCUT2D eigenvalue weighted by Crippen LogP contribution is 2.30. The molecule has 0 aliphatic carbocycles. The first-order valence-corrected chi connectivity index (χ1v) is 13.5. The fourth-order valence-corrected chi connectivity index (χ4v) is 5.03. The standard InChI is InChI=1S/C29H33N7O3/c1-3-5-10-26-30-24-15-16-35(27(37)17-28(38)39-4-2)19-25(24)36(26)18-20-11-13-21(14-12-20)22-8-6-7-9-23(22)29-31-33-34-32-29/h6-9,11-14H,3-5,10,15-19H2,1-2H3,(H,31,32,33,34). The van der Waals surface area contributed by atoms with E-state index in [1.807, 2.05) is 18.2 Å². The largest absolute Gasteiger partial charge is 0.466 e. The van der Waals surface area contributed by atoms with Crippen LogP contribution >= 0.6 is 0 Å². The summed E-state index contributed by atoms with van der Waals surface area (Å²) in [6.07, 6.45) is 3.47. The second-order valence-electron chi connectivity index (χ2n) is 9.65. The summed E-state index contributed by atoms with van der Waals surface area (Å²) in [5, 5.41) is 14.4. The van der Waals surface area contributed by atoms with Gasteiger partial charge in [-0.2, -0.15) is 0 Å². The van der Waals surface area contributed by atoms with Gasteiger partial charge in [0.25, 0.3) is 0 Å².